The first-order chi connectivity index (χ1) is 6.20. The number of aromatic nitrogens is 4. The average Bonchev–Trinajstić information content (AvgIpc) is 2.62. The first kappa shape index (κ1) is 7.96. The minimum atomic E-state index is -0.319. The Morgan fingerprint density at radius 1 is 1.62 bits per heavy atom. The zero-order chi connectivity index (χ0) is 9.42. The van der Waals surface area contributed by atoms with Crippen molar-refractivity contribution in [3.8, 4) is 0 Å². The molecule has 0 aliphatic carbocycles. The van der Waals surface area contributed by atoms with Crippen molar-refractivity contribution < 1.29 is 4.79 Å². The number of carbonyl (C=O) groups is 1. The maximum Gasteiger partial charge on any atom is 0.247 e. The van der Waals surface area contributed by atoms with Crippen LogP contribution in [-0.2, 0) is 4.79 Å². The molecule has 7 heteroatoms. The van der Waals surface area contributed by atoms with Crippen molar-refractivity contribution in [3.63, 3.8) is 0 Å². The largest absolute Gasteiger partial charge is 0.367 e. The average molecular weight is 182 g/mol. The molecule has 0 radical (unpaired) electrons. The monoisotopic (exact) mass is 182 g/mol. The molecule has 2 N–H and O–H groups in total. The van der Waals surface area contributed by atoms with Gasteiger partial charge < -0.3 is 10.6 Å². The standard InChI is InChI=1S/C6H10N6O/c1-11-3-2-4(5(11)13)12-6(7)8-9-10-12/h4H,2-3H2,1H3,(H2,7,8,10). The number of carbonyl (C=O) groups excluding carboxylic acids is 1. The van der Waals surface area contributed by atoms with E-state index in [9.17, 15) is 4.79 Å². The van der Waals surface area contributed by atoms with Crippen LogP contribution in [0.2, 0.25) is 0 Å². The Balaban J connectivity index is 2.28. The van der Waals surface area contributed by atoms with E-state index in [0.717, 1.165) is 6.54 Å². The normalized spacial score (nSPS) is 22.7. The van der Waals surface area contributed by atoms with Crippen LogP contribution >= 0.6 is 0 Å². The molecule has 1 aromatic heterocycles. The molecule has 0 saturated carbocycles. The van der Waals surface area contributed by atoms with E-state index < -0.39 is 0 Å². The van der Waals surface area contributed by atoms with Crippen LogP contribution < -0.4 is 5.73 Å². The number of tetrazole rings is 1. The van der Waals surface area contributed by atoms with Crippen molar-refractivity contribution in [3.05, 3.63) is 0 Å². The molecule has 1 unspecified atom stereocenters. The summed E-state index contributed by atoms with van der Waals surface area (Å²) in [5.74, 6) is 0.202. The van der Waals surface area contributed by atoms with Gasteiger partial charge in [0.05, 0.1) is 0 Å². The molecule has 1 amide bonds. The molecule has 0 spiro atoms. The molecule has 1 saturated heterocycles. The fourth-order valence-electron chi connectivity index (χ4n) is 1.45. The lowest BCUT2D eigenvalue weighted by Gasteiger charge is -2.09. The van der Waals surface area contributed by atoms with Gasteiger partial charge in [-0.05, 0) is 16.8 Å². The summed E-state index contributed by atoms with van der Waals surface area (Å²) in [6.45, 7) is 0.725. The highest BCUT2D eigenvalue weighted by Gasteiger charge is 2.32. The van der Waals surface area contributed by atoms with Crippen LogP contribution in [0.1, 0.15) is 12.5 Å². The van der Waals surface area contributed by atoms with Crippen molar-refractivity contribution in [2.24, 2.45) is 0 Å². The summed E-state index contributed by atoms with van der Waals surface area (Å²) in [6.07, 6.45) is 0.713. The van der Waals surface area contributed by atoms with Crippen molar-refractivity contribution in [1.82, 2.24) is 25.1 Å². The third-order valence-corrected chi connectivity index (χ3v) is 2.21. The van der Waals surface area contributed by atoms with Crippen LogP contribution in [0.15, 0.2) is 0 Å². The molecule has 1 aliphatic heterocycles. The summed E-state index contributed by atoms with van der Waals surface area (Å²) < 4.78 is 1.37. The molecule has 2 rings (SSSR count). The fraction of sp³-hybridized carbons (Fsp3) is 0.667. The van der Waals surface area contributed by atoms with Gasteiger partial charge in [0.25, 0.3) is 0 Å². The number of nitrogens with zero attached hydrogens (tertiary/aromatic N) is 5. The Bertz CT molecular complexity index is 334. The molecule has 1 aliphatic rings. The van der Waals surface area contributed by atoms with Gasteiger partial charge >= 0.3 is 0 Å². The molecular weight excluding hydrogens is 172 g/mol. The van der Waals surface area contributed by atoms with Gasteiger partial charge in [0, 0.05) is 13.6 Å². The number of anilines is 1. The summed E-state index contributed by atoms with van der Waals surface area (Å²) in [4.78, 5) is 13.2. The topological polar surface area (TPSA) is 89.9 Å². The molecule has 1 fully saturated rings. The molecule has 7 nitrogen and oxygen atoms in total. The zero-order valence-electron chi connectivity index (χ0n) is 7.21. The lowest BCUT2D eigenvalue weighted by Crippen LogP contribution is -2.25. The third kappa shape index (κ3) is 1.12. The second-order valence-electron chi connectivity index (χ2n) is 3.05. The Kier molecular flexibility index (Phi) is 1.64. The van der Waals surface area contributed by atoms with E-state index in [-0.39, 0.29) is 17.9 Å². The van der Waals surface area contributed by atoms with Crippen molar-refractivity contribution in [2.45, 2.75) is 12.5 Å². The highest BCUT2D eigenvalue weighted by molar-refractivity contribution is 5.82. The third-order valence-electron chi connectivity index (χ3n) is 2.21. The number of nitrogens with two attached hydrogens (primary N) is 1. The number of hydrogen-bond acceptors (Lipinski definition) is 5. The first-order valence-electron chi connectivity index (χ1n) is 3.98. The lowest BCUT2D eigenvalue weighted by atomic mass is 10.2. The second kappa shape index (κ2) is 2.68. The smallest absolute Gasteiger partial charge is 0.247 e. The summed E-state index contributed by atoms with van der Waals surface area (Å²) in [6, 6.07) is -0.319. The van der Waals surface area contributed by atoms with E-state index in [2.05, 4.69) is 15.5 Å². The van der Waals surface area contributed by atoms with Gasteiger partial charge in [0.15, 0.2) is 0 Å². The van der Waals surface area contributed by atoms with Gasteiger partial charge in [-0.25, -0.2) is 0 Å². The molecule has 70 valence electrons. The van der Waals surface area contributed by atoms with E-state index in [1.54, 1.807) is 11.9 Å². The van der Waals surface area contributed by atoms with Crippen LogP contribution in [-0.4, -0.2) is 44.6 Å². The Morgan fingerprint density at radius 2 is 2.38 bits per heavy atom. The molecule has 0 aromatic carbocycles. The lowest BCUT2D eigenvalue weighted by molar-refractivity contribution is -0.129. The van der Waals surface area contributed by atoms with Gasteiger partial charge in [0.1, 0.15) is 6.04 Å². The highest BCUT2D eigenvalue weighted by Crippen LogP contribution is 2.21. The quantitative estimate of drug-likeness (QED) is 0.580. The fourth-order valence-corrected chi connectivity index (χ4v) is 1.45. The number of likely N-dealkylation sites (N-methyl/N-ethyl adjacent to an activating group) is 1. The van der Waals surface area contributed by atoms with Crippen LogP contribution in [0, 0.1) is 0 Å². The summed E-state index contributed by atoms with van der Waals surface area (Å²) in [7, 11) is 1.75. The Labute approximate surface area is 74.5 Å². The Morgan fingerprint density at radius 3 is 2.85 bits per heavy atom. The number of nitrogen functional groups attached to an aromatic ring is 1. The van der Waals surface area contributed by atoms with Crippen molar-refractivity contribution >= 4 is 11.9 Å². The van der Waals surface area contributed by atoms with Gasteiger partial charge in [-0.15, -0.1) is 0 Å². The van der Waals surface area contributed by atoms with Crippen molar-refractivity contribution in [1.29, 1.82) is 0 Å². The maximum atomic E-state index is 11.5. The van der Waals surface area contributed by atoms with Gasteiger partial charge in [0.2, 0.25) is 11.9 Å². The Hall–Kier alpha value is -1.66. The van der Waals surface area contributed by atoms with E-state index in [4.69, 9.17) is 5.73 Å². The minimum absolute atomic E-state index is 0.0130. The molecular formula is C6H10N6O. The zero-order valence-corrected chi connectivity index (χ0v) is 7.21. The van der Waals surface area contributed by atoms with Crippen LogP contribution in [0.3, 0.4) is 0 Å². The van der Waals surface area contributed by atoms with Gasteiger partial charge in [-0.1, -0.05) is 5.10 Å². The van der Waals surface area contributed by atoms with E-state index >= 15 is 0 Å². The summed E-state index contributed by atoms with van der Waals surface area (Å²) in [5, 5.41) is 10.6. The second-order valence-corrected chi connectivity index (χ2v) is 3.05. The number of rotatable bonds is 1. The van der Waals surface area contributed by atoms with Gasteiger partial charge in [-0.3, -0.25) is 4.79 Å². The summed E-state index contributed by atoms with van der Waals surface area (Å²) in [5.41, 5.74) is 5.48. The van der Waals surface area contributed by atoms with E-state index in [1.807, 2.05) is 0 Å². The molecule has 1 atom stereocenters. The first-order valence-corrected chi connectivity index (χ1v) is 3.98. The molecule has 0 bridgehead atoms. The van der Waals surface area contributed by atoms with E-state index in [1.165, 1.54) is 4.68 Å². The SMILES string of the molecule is CN1CCC(n2nnnc2N)C1=O. The predicted molar refractivity (Wildman–Crippen MR) is 43.5 cm³/mol. The summed E-state index contributed by atoms with van der Waals surface area (Å²) >= 11 is 0. The molecule has 13 heavy (non-hydrogen) atoms. The van der Waals surface area contributed by atoms with Crippen LogP contribution in [0.4, 0.5) is 5.95 Å². The highest BCUT2D eigenvalue weighted by atomic mass is 16.2. The maximum absolute atomic E-state index is 11.5. The van der Waals surface area contributed by atoms with E-state index in [0.29, 0.717) is 6.42 Å². The van der Waals surface area contributed by atoms with Crippen LogP contribution in [0.5, 0.6) is 0 Å². The van der Waals surface area contributed by atoms with Crippen LogP contribution in [0.25, 0.3) is 0 Å². The number of likely N-dealkylation sites (tertiary alicyclic amines) is 1. The van der Waals surface area contributed by atoms with Gasteiger partial charge in [-0.2, -0.15) is 4.68 Å². The van der Waals surface area contributed by atoms with Crippen molar-refractivity contribution in [2.75, 3.05) is 19.3 Å². The minimum Gasteiger partial charge on any atom is -0.367 e. The number of hydrogen-bond donors (Lipinski definition) is 1. The number of amides is 1. The predicted octanol–water partition coefficient (Wildman–Crippen LogP) is -1.34. The molecule has 1 aromatic rings. The molecule has 2 heterocycles.